The summed E-state index contributed by atoms with van der Waals surface area (Å²) in [7, 11) is 2.00. The molecule has 1 aliphatic carbocycles. The van der Waals surface area contributed by atoms with Gasteiger partial charge >= 0.3 is 0 Å². The minimum absolute atomic E-state index is 0.608. The van der Waals surface area contributed by atoms with Crippen LogP contribution >= 0.6 is 15.9 Å². The van der Waals surface area contributed by atoms with Crippen LogP contribution in [-0.2, 0) is 26.3 Å². The molecule has 1 N–H and O–H groups in total. The lowest BCUT2D eigenvalue weighted by Gasteiger charge is -2.25. The maximum Gasteiger partial charge on any atom is 0.0492 e. The van der Waals surface area contributed by atoms with Crippen LogP contribution in [0.3, 0.4) is 0 Å². The Kier molecular flexibility index (Phi) is 4.22. The van der Waals surface area contributed by atoms with Crippen LogP contribution in [0.4, 0.5) is 0 Å². The Labute approximate surface area is 128 Å². The lowest BCUT2D eigenvalue weighted by Crippen LogP contribution is -2.36. The van der Waals surface area contributed by atoms with Crippen LogP contribution < -0.4 is 5.32 Å². The first-order valence-electron chi connectivity index (χ1n) is 7.20. The molecule has 0 saturated carbocycles. The zero-order valence-corrected chi connectivity index (χ0v) is 13.4. The summed E-state index contributed by atoms with van der Waals surface area (Å²) in [5.41, 5.74) is 4.29. The summed E-state index contributed by atoms with van der Waals surface area (Å²) in [4.78, 5) is 0. The van der Waals surface area contributed by atoms with Crippen LogP contribution in [-0.4, -0.2) is 22.4 Å². The van der Waals surface area contributed by atoms with E-state index < -0.39 is 0 Å². The molecule has 3 nitrogen and oxygen atoms in total. The molecular weight excluding hydrogens is 314 g/mol. The van der Waals surface area contributed by atoms with Gasteiger partial charge in [0, 0.05) is 42.4 Å². The van der Waals surface area contributed by atoms with Crippen molar-refractivity contribution in [2.75, 3.05) is 6.54 Å². The van der Waals surface area contributed by atoms with Crippen molar-refractivity contribution in [1.82, 2.24) is 15.1 Å². The number of nitrogens with zero attached hydrogens (tertiary/aromatic N) is 2. The molecule has 106 valence electrons. The Morgan fingerprint density at radius 3 is 3.05 bits per heavy atom. The Morgan fingerprint density at radius 1 is 1.35 bits per heavy atom. The highest BCUT2D eigenvalue weighted by Crippen LogP contribution is 2.24. The molecule has 0 saturated heterocycles. The van der Waals surface area contributed by atoms with E-state index in [4.69, 9.17) is 0 Å². The van der Waals surface area contributed by atoms with Gasteiger partial charge in [-0.05, 0) is 48.6 Å². The maximum atomic E-state index is 4.20. The average molecular weight is 334 g/mol. The Bertz CT molecular complexity index is 591. The van der Waals surface area contributed by atoms with Crippen molar-refractivity contribution in [3.8, 4) is 0 Å². The Balaban J connectivity index is 1.53. The third kappa shape index (κ3) is 3.13. The lowest BCUT2D eigenvalue weighted by atomic mass is 9.88. The first-order chi connectivity index (χ1) is 9.72. The van der Waals surface area contributed by atoms with E-state index in [0.717, 1.165) is 19.4 Å². The van der Waals surface area contributed by atoms with Gasteiger partial charge in [-0.2, -0.15) is 5.10 Å². The summed E-state index contributed by atoms with van der Waals surface area (Å²) in [6.45, 7) is 1.02. The van der Waals surface area contributed by atoms with Gasteiger partial charge in [-0.15, -0.1) is 0 Å². The molecular formula is C16H20BrN3. The zero-order chi connectivity index (χ0) is 13.9. The molecule has 0 radical (unpaired) electrons. The molecule has 1 heterocycles. The maximum absolute atomic E-state index is 4.20. The van der Waals surface area contributed by atoms with Crippen molar-refractivity contribution in [3.63, 3.8) is 0 Å². The second kappa shape index (κ2) is 6.10. The number of aryl methyl sites for hydroxylation is 2. The summed E-state index contributed by atoms with van der Waals surface area (Å²) in [5, 5.41) is 7.89. The molecule has 1 aromatic carbocycles. The van der Waals surface area contributed by atoms with E-state index in [1.54, 1.807) is 0 Å². The molecule has 0 aliphatic heterocycles. The van der Waals surface area contributed by atoms with Gasteiger partial charge in [0.1, 0.15) is 0 Å². The molecule has 1 unspecified atom stereocenters. The molecule has 20 heavy (non-hydrogen) atoms. The number of hydrogen-bond donors (Lipinski definition) is 1. The van der Waals surface area contributed by atoms with E-state index in [1.165, 1.54) is 34.1 Å². The fraction of sp³-hybridized carbons (Fsp3) is 0.438. The Morgan fingerprint density at radius 2 is 2.25 bits per heavy atom. The van der Waals surface area contributed by atoms with E-state index in [2.05, 4.69) is 50.6 Å². The van der Waals surface area contributed by atoms with Crippen molar-refractivity contribution >= 4 is 15.9 Å². The third-order valence-corrected chi connectivity index (χ3v) is 4.63. The fourth-order valence-corrected chi connectivity index (χ4v) is 3.36. The van der Waals surface area contributed by atoms with Gasteiger partial charge in [-0.1, -0.05) is 22.0 Å². The highest BCUT2D eigenvalue weighted by molar-refractivity contribution is 9.10. The number of halogens is 1. The van der Waals surface area contributed by atoms with Gasteiger partial charge in [0.2, 0.25) is 0 Å². The van der Waals surface area contributed by atoms with Crippen LogP contribution in [0.2, 0.25) is 0 Å². The monoisotopic (exact) mass is 333 g/mol. The van der Waals surface area contributed by atoms with Crippen LogP contribution in [0.5, 0.6) is 0 Å². The Hall–Kier alpha value is -1.13. The highest BCUT2D eigenvalue weighted by Gasteiger charge is 2.18. The predicted molar refractivity (Wildman–Crippen MR) is 84.9 cm³/mol. The quantitative estimate of drug-likeness (QED) is 0.932. The van der Waals surface area contributed by atoms with Gasteiger partial charge in [0.15, 0.2) is 0 Å². The number of fused-ring (bicyclic) bond motifs is 1. The van der Waals surface area contributed by atoms with Crippen molar-refractivity contribution in [2.24, 2.45) is 7.05 Å². The lowest BCUT2D eigenvalue weighted by molar-refractivity contribution is 0.458. The van der Waals surface area contributed by atoms with E-state index in [9.17, 15) is 0 Å². The van der Waals surface area contributed by atoms with Crippen LogP contribution in [0, 0.1) is 0 Å². The smallest absolute Gasteiger partial charge is 0.0492 e. The van der Waals surface area contributed by atoms with Gasteiger partial charge < -0.3 is 5.32 Å². The van der Waals surface area contributed by atoms with Gasteiger partial charge in [0.05, 0.1) is 0 Å². The van der Waals surface area contributed by atoms with E-state index >= 15 is 0 Å². The molecule has 0 spiro atoms. The van der Waals surface area contributed by atoms with Crippen molar-refractivity contribution in [1.29, 1.82) is 0 Å². The second-order valence-corrected chi connectivity index (χ2v) is 6.42. The molecule has 0 bridgehead atoms. The molecule has 1 aromatic heterocycles. The average Bonchev–Trinajstić information content (AvgIpc) is 2.85. The first-order valence-corrected chi connectivity index (χ1v) is 7.99. The first kappa shape index (κ1) is 13.8. The minimum Gasteiger partial charge on any atom is -0.313 e. The van der Waals surface area contributed by atoms with Crippen LogP contribution in [0.25, 0.3) is 0 Å². The molecule has 0 fully saturated rings. The van der Waals surface area contributed by atoms with Gasteiger partial charge in [-0.25, -0.2) is 0 Å². The number of aromatic nitrogens is 2. The summed E-state index contributed by atoms with van der Waals surface area (Å²) < 4.78 is 3.15. The number of rotatable bonds is 4. The summed E-state index contributed by atoms with van der Waals surface area (Å²) >= 11 is 3.55. The summed E-state index contributed by atoms with van der Waals surface area (Å²) in [6, 6.07) is 9.37. The predicted octanol–water partition coefficient (Wildman–Crippen LogP) is 2.87. The van der Waals surface area contributed by atoms with Crippen LogP contribution in [0.1, 0.15) is 23.2 Å². The summed E-state index contributed by atoms with van der Waals surface area (Å²) in [6.07, 6.45) is 6.46. The van der Waals surface area contributed by atoms with Crippen molar-refractivity contribution < 1.29 is 0 Å². The van der Waals surface area contributed by atoms with Crippen molar-refractivity contribution in [2.45, 2.75) is 31.7 Å². The van der Waals surface area contributed by atoms with E-state index in [0.29, 0.717) is 6.04 Å². The van der Waals surface area contributed by atoms with Crippen molar-refractivity contribution in [3.05, 3.63) is 51.8 Å². The fourth-order valence-electron chi connectivity index (χ4n) is 2.95. The SMILES string of the molecule is Cn1nccc1CCNC1CCc2cc(Br)ccc2C1. The third-order valence-electron chi connectivity index (χ3n) is 4.13. The molecule has 1 atom stereocenters. The van der Waals surface area contributed by atoms with Gasteiger partial charge in [0.25, 0.3) is 0 Å². The molecule has 0 amide bonds. The topological polar surface area (TPSA) is 29.9 Å². The zero-order valence-electron chi connectivity index (χ0n) is 11.8. The number of benzene rings is 1. The van der Waals surface area contributed by atoms with Gasteiger partial charge in [-0.3, -0.25) is 4.68 Å². The standard InChI is InChI=1S/C16H20BrN3/c1-20-16(7-9-19-20)6-8-18-15-5-3-12-10-14(17)4-2-13(12)11-15/h2,4,7,9-10,15,18H,3,5-6,8,11H2,1H3. The van der Waals surface area contributed by atoms with Crippen LogP contribution in [0.15, 0.2) is 34.9 Å². The second-order valence-electron chi connectivity index (χ2n) is 5.50. The molecule has 1 aliphatic rings. The normalized spacial score (nSPS) is 18.0. The van der Waals surface area contributed by atoms with E-state index in [1.807, 2.05) is 17.9 Å². The minimum atomic E-state index is 0.608. The van der Waals surface area contributed by atoms with E-state index in [-0.39, 0.29) is 0 Å². The largest absolute Gasteiger partial charge is 0.313 e. The molecule has 4 heteroatoms. The molecule has 3 rings (SSSR count). The number of hydrogen-bond acceptors (Lipinski definition) is 2. The molecule has 2 aromatic rings. The number of nitrogens with one attached hydrogen (secondary N) is 1. The summed E-state index contributed by atoms with van der Waals surface area (Å²) in [5.74, 6) is 0. The highest BCUT2D eigenvalue weighted by atomic mass is 79.9.